The van der Waals surface area contributed by atoms with Gasteiger partial charge in [0.2, 0.25) is 0 Å². The Morgan fingerprint density at radius 2 is 1.10 bits per heavy atom. The summed E-state index contributed by atoms with van der Waals surface area (Å²) >= 11 is 0. The van der Waals surface area contributed by atoms with Crippen LogP contribution < -0.4 is 0 Å². The first-order valence-electron chi connectivity index (χ1n) is 9.41. The number of benzene rings is 3. The molecule has 0 aliphatic heterocycles. The molecule has 0 aliphatic carbocycles. The molecule has 0 saturated carbocycles. The highest BCUT2D eigenvalue weighted by molar-refractivity contribution is 5.96. The summed E-state index contributed by atoms with van der Waals surface area (Å²) in [6, 6.07) is 18.9. The van der Waals surface area contributed by atoms with Crippen LogP contribution in [0.5, 0.6) is 0 Å². The SMILES string of the molecule is CC(=O)C(c1ccc(C)cc1)(c1ccc(C)cc1)c1cccc(C(F)(F)F)c1C. The number of aryl methyl sites for hydroxylation is 2. The second-order valence-corrected chi connectivity index (χ2v) is 7.51. The normalized spacial score (nSPS) is 12.1. The van der Waals surface area contributed by atoms with Gasteiger partial charge in [-0.15, -0.1) is 0 Å². The molecule has 4 heteroatoms. The zero-order valence-electron chi connectivity index (χ0n) is 16.9. The van der Waals surface area contributed by atoms with Gasteiger partial charge in [-0.3, -0.25) is 4.79 Å². The van der Waals surface area contributed by atoms with E-state index in [0.717, 1.165) is 17.2 Å². The highest BCUT2D eigenvalue weighted by Crippen LogP contribution is 2.44. The molecule has 3 rings (SSSR count). The summed E-state index contributed by atoms with van der Waals surface area (Å²) in [5.41, 5.74) is 1.70. The molecule has 3 aromatic carbocycles. The summed E-state index contributed by atoms with van der Waals surface area (Å²) in [4.78, 5) is 13.3. The predicted molar refractivity (Wildman–Crippen MR) is 109 cm³/mol. The molecule has 0 saturated heterocycles. The van der Waals surface area contributed by atoms with Gasteiger partial charge >= 0.3 is 6.18 Å². The van der Waals surface area contributed by atoms with Crippen molar-refractivity contribution in [3.63, 3.8) is 0 Å². The van der Waals surface area contributed by atoms with Crippen molar-refractivity contribution in [3.05, 3.63) is 106 Å². The van der Waals surface area contributed by atoms with Crippen molar-refractivity contribution >= 4 is 5.78 Å². The fraction of sp³-hybridized carbons (Fsp3) is 0.240. The lowest BCUT2D eigenvalue weighted by Gasteiger charge is -2.35. The first-order chi connectivity index (χ1) is 13.6. The van der Waals surface area contributed by atoms with E-state index in [4.69, 9.17) is 0 Å². The first-order valence-corrected chi connectivity index (χ1v) is 9.41. The molecule has 29 heavy (non-hydrogen) atoms. The number of carbonyl (C=O) groups excluding carboxylic acids is 1. The van der Waals surface area contributed by atoms with E-state index in [1.54, 1.807) is 6.07 Å². The lowest BCUT2D eigenvalue weighted by molar-refractivity contribution is -0.138. The minimum Gasteiger partial charge on any atom is -0.298 e. The number of alkyl halides is 3. The predicted octanol–water partition coefficient (Wildman–Crippen LogP) is 6.55. The highest BCUT2D eigenvalue weighted by atomic mass is 19.4. The van der Waals surface area contributed by atoms with Crippen LogP contribution >= 0.6 is 0 Å². The molecule has 150 valence electrons. The van der Waals surface area contributed by atoms with E-state index in [9.17, 15) is 18.0 Å². The van der Waals surface area contributed by atoms with Crippen LogP contribution in [0.15, 0.2) is 66.7 Å². The number of carbonyl (C=O) groups is 1. The lowest BCUT2D eigenvalue weighted by Crippen LogP contribution is -2.38. The molecule has 0 amide bonds. The van der Waals surface area contributed by atoms with Crippen LogP contribution in [0.3, 0.4) is 0 Å². The fourth-order valence-electron chi connectivity index (χ4n) is 4.03. The third-order valence-corrected chi connectivity index (χ3v) is 5.54. The Morgan fingerprint density at radius 3 is 1.48 bits per heavy atom. The van der Waals surface area contributed by atoms with Crippen LogP contribution in [-0.2, 0) is 16.4 Å². The number of ketones is 1. The molecule has 0 radical (unpaired) electrons. The van der Waals surface area contributed by atoms with E-state index in [-0.39, 0.29) is 11.3 Å². The maximum atomic E-state index is 13.6. The number of halogens is 3. The molecule has 0 aliphatic rings. The second-order valence-electron chi connectivity index (χ2n) is 7.51. The molecule has 0 fully saturated rings. The average molecular weight is 396 g/mol. The topological polar surface area (TPSA) is 17.1 Å². The standard InChI is InChI=1S/C25H23F3O/c1-16-8-12-20(13-9-16)24(19(4)29,21-14-10-17(2)11-15-21)22-6-5-7-23(18(22)3)25(26,27)28/h5-15H,1-4H3. The number of hydrogen-bond acceptors (Lipinski definition) is 1. The van der Waals surface area contributed by atoms with E-state index < -0.39 is 17.2 Å². The molecule has 0 unspecified atom stereocenters. The van der Waals surface area contributed by atoms with Gasteiger partial charge in [-0.1, -0.05) is 71.8 Å². The quantitative estimate of drug-likeness (QED) is 0.457. The van der Waals surface area contributed by atoms with E-state index in [0.29, 0.717) is 16.7 Å². The molecule has 0 N–H and O–H groups in total. The maximum absolute atomic E-state index is 13.6. The summed E-state index contributed by atoms with van der Waals surface area (Å²) in [7, 11) is 0. The van der Waals surface area contributed by atoms with Crippen molar-refractivity contribution in [2.45, 2.75) is 39.3 Å². The Labute approximate surface area is 169 Å². The van der Waals surface area contributed by atoms with E-state index in [1.807, 2.05) is 62.4 Å². The molecule has 3 aromatic rings. The lowest BCUT2D eigenvalue weighted by atomic mass is 9.65. The molecular formula is C25H23F3O. The minimum atomic E-state index is -4.50. The summed E-state index contributed by atoms with van der Waals surface area (Å²) in [6.45, 7) is 6.75. The van der Waals surface area contributed by atoms with Gasteiger partial charge in [-0.2, -0.15) is 13.2 Å². The van der Waals surface area contributed by atoms with Crippen LogP contribution in [0.1, 0.15) is 45.9 Å². The number of hydrogen-bond donors (Lipinski definition) is 0. The van der Waals surface area contributed by atoms with Crippen molar-refractivity contribution in [1.82, 2.24) is 0 Å². The van der Waals surface area contributed by atoms with Crippen LogP contribution in [-0.4, -0.2) is 5.78 Å². The van der Waals surface area contributed by atoms with Crippen molar-refractivity contribution in [2.75, 3.05) is 0 Å². The van der Waals surface area contributed by atoms with Crippen LogP contribution in [0.2, 0.25) is 0 Å². The Kier molecular flexibility index (Phi) is 5.40. The number of rotatable bonds is 4. The second kappa shape index (κ2) is 7.51. The molecule has 0 heterocycles. The van der Waals surface area contributed by atoms with Gasteiger partial charge in [-0.05, 0) is 56.0 Å². The summed E-state index contributed by atoms with van der Waals surface area (Å²) in [5.74, 6) is -0.229. The smallest absolute Gasteiger partial charge is 0.298 e. The van der Waals surface area contributed by atoms with Gasteiger partial charge in [0.25, 0.3) is 0 Å². The van der Waals surface area contributed by atoms with Gasteiger partial charge < -0.3 is 0 Å². The maximum Gasteiger partial charge on any atom is 0.416 e. The van der Waals surface area contributed by atoms with Gasteiger partial charge in [0.05, 0.1) is 5.56 Å². The van der Waals surface area contributed by atoms with E-state index in [2.05, 4.69) is 0 Å². The summed E-state index contributed by atoms with van der Waals surface area (Å²) < 4.78 is 40.9. The Morgan fingerprint density at radius 1 is 0.690 bits per heavy atom. The minimum absolute atomic E-state index is 0.0661. The zero-order chi connectivity index (χ0) is 21.4. The third-order valence-electron chi connectivity index (χ3n) is 5.54. The highest BCUT2D eigenvalue weighted by Gasteiger charge is 2.44. The molecule has 0 bridgehead atoms. The molecule has 0 spiro atoms. The zero-order valence-corrected chi connectivity index (χ0v) is 16.9. The van der Waals surface area contributed by atoms with Gasteiger partial charge in [0, 0.05) is 0 Å². The van der Waals surface area contributed by atoms with Gasteiger partial charge in [-0.25, -0.2) is 0 Å². The first kappa shape index (κ1) is 20.8. The fourth-order valence-corrected chi connectivity index (χ4v) is 4.03. The van der Waals surface area contributed by atoms with Crippen molar-refractivity contribution < 1.29 is 18.0 Å². The molecule has 0 atom stereocenters. The third kappa shape index (κ3) is 3.59. The molecular weight excluding hydrogens is 373 g/mol. The monoisotopic (exact) mass is 396 g/mol. The van der Waals surface area contributed by atoms with Crippen molar-refractivity contribution in [2.24, 2.45) is 0 Å². The van der Waals surface area contributed by atoms with Crippen LogP contribution in [0.4, 0.5) is 13.2 Å². The Hall–Kier alpha value is -2.88. The average Bonchev–Trinajstić information content (AvgIpc) is 2.65. The number of Topliss-reactive ketones (excluding diaryl/α,β-unsaturated/α-hetero) is 1. The van der Waals surface area contributed by atoms with Crippen molar-refractivity contribution in [1.29, 1.82) is 0 Å². The van der Waals surface area contributed by atoms with Crippen LogP contribution in [0, 0.1) is 20.8 Å². The summed E-state index contributed by atoms with van der Waals surface area (Å²) in [6.07, 6.45) is -4.50. The van der Waals surface area contributed by atoms with Gasteiger partial charge in [0.1, 0.15) is 11.2 Å². The summed E-state index contributed by atoms with van der Waals surface area (Å²) in [5, 5.41) is 0. The van der Waals surface area contributed by atoms with E-state index in [1.165, 1.54) is 19.9 Å². The van der Waals surface area contributed by atoms with Gasteiger partial charge in [0.15, 0.2) is 0 Å². The van der Waals surface area contributed by atoms with Crippen LogP contribution in [0.25, 0.3) is 0 Å². The molecule has 1 nitrogen and oxygen atoms in total. The van der Waals surface area contributed by atoms with E-state index >= 15 is 0 Å². The Bertz CT molecular complexity index is 984. The van der Waals surface area contributed by atoms with Crippen molar-refractivity contribution in [3.8, 4) is 0 Å². The molecule has 0 aromatic heterocycles. The Balaban J connectivity index is 2.45. The largest absolute Gasteiger partial charge is 0.416 e.